The van der Waals surface area contributed by atoms with Crippen molar-refractivity contribution in [3.63, 3.8) is 0 Å². The Hall–Kier alpha value is -2.76. The number of carbonyl (C=O) groups is 1. The van der Waals surface area contributed by atoms with Crippen molar-refractivity contribution in [1.29, 1.82) is 0 Å². The van der Waals surface area contributed by atoms with Crippen LogP contribution in [0.4, 0.5) is 0 Å². The van der Waals surface area contributed by atoms with Gasteiger partial charge in [0.15, 0.2) is 5.75 Å². The second kappa shape index (κ2) is 4.62. The zero-order valence-corrected chi connectivity index (χ0v) is 9.08. The van der Waals surface area contributed by atoms with Crippen LogP contribution in [0.25, 0.3) is 11.1 Å². The summed E-state index contributed by atoms with van der Waals surface area (Å²) >= 11 is 0. The van der Waals surface area contributed by atoms with Gasteiger partial charge < -0.3 is 10.1 Å². The molecule has 0 fully saturated rings. The number of H-pyrrole nitrogens is 1. The SMILES string of the molecule is O=NC(=O)c1ccc(-c2c[nH]c(=O)c(O)c2)cc1. The molecule has 0 radical (unpaired) electrons. The van der Waals surface area contributed by atoms with Crippen LogP contribution in [0.3, 0.4) is 0 Å². The van der Waals surface area contributed by atoms with E-state index in [1.54, 1.807) is 12.1 Å². The Bertz CT molecular complexity index is 659. The molecule has 0 aliphatic carbocycles. The van der Waals surface area contributed by atoms with Crippen molar-refractivity contribution in [2.24, 2.45) is 5.18 Å². The third-order valence-corrected chi connectivity index (χ3v) is 2.43. The maximum Gasteiger partial charge on any atom is 0.316 e. The molecule has 1 aromatic carbocycles. The summed E-state index contributed by atoms with van der Waals surface area (Å²) < 4.78 is 0. The third kappa shape index (κ3) is 2.17. The van der Waals surface area contributed by atoms with Crippen LogP contribution < -0.4 is 5.56 Å². The summed E-state index contributed by atoms with van der Waals surface area (Å²) in [6, 6.07) is 7.38. The highest BCUT2D eigenvalue weighted by Crippen LogP contribution is 2.20. The van der Waals surface area contributed by atoms with Gasteiger partial charge in [-0.1, -0.05) is 12.1 Å². The van der Waals surface area contributed by atoms with Gasteiger partial charge in [-0.05, 0) is 23.8 Å². The van der Waals surface area contributed by atoms with Crippen LogP contribution in [0.1, 0.15) is 10.4 Å². The Morgan fingerprint density at radius 3 is 2.39 bits per heavy atom. The van der Waals surface area contributed by atoms with Crippen molar-refractivity contribution in [3.8, 4) is 16.9 Å². The largest absolute Gasteiger partial charge is 0.503 e. The number of amides is 1. The summed E-state index contributed by atoms with van der Waals surface area (Å²) in [5.41, 5.74) is 0.882. The molecule has 2 aromatic rings. The van der Waals surface area contributed by atoms with Crippen LogP contribution in [0.5, 0.6) is 5.75 Å². The summed E-state index contributed by atoms with van der Waals surface area (Å²) in [5.74, 6) is -1.23. The molecule has 0 saturated heterocycles. The Balaban J connectivity index is 2.40. The monoisotopic (exact) mass is 244 g/mol. The number of pyridine rings is 1. The first-order valence-electron chi connectivity index (χ1n) is 5.01. The first-order valence-corrected chi connectivity index (χ1v) is 5.01. The summed E-state index contributed by atoms with van der Waals surface area (Å²) in [6.45, 7) is 0. The zero-order chi connectivity index (χ0) is 13.1. The minimum Gasteiger partial charge on any atom is -0.503 e. The highest BCUT2D eigenvalue weighted by Gasteiger charge is 2.06. The lowest BCUT2D eigenvalue weighted by molar-refractivity contribution is 0.100. The summed E-state index contributed by atoms with van der Waals surface area (Å²) in [6.07, 6.45) is 1.44. The molecular weight excluding hydrogens is 236 g/mol. The standard InChI is InChI=1S/C12H8N2O4/c15-10-5-9(6-13-12(10)17)7-1-3-8(4-2-7)11(16)14-18/h1-6,15H,(H,13,17). The van der Waals surface area contributed by atoms with E-state index in [9.17, 15) is 19.6 Å². The average Bonchev–Trinajstić information content (AvgIpc) is 2.41. The van der Waals surface area contributed by atoms with Crippen molar-refractivity contribution in [1.82, 2.24) is 4.98 Å². The fraction of sp³-hybridized carbons (Fsp3) is 0. The van der Waals surface area contributed by atoms with Crippen molar-refractivity contribution in [2.75, 3.05) is 0 Å². The highest BCUT2D eigenvalue weighted by atomic mass is 16.3. The van der Waals surface area contributed by atoms with E-state index < -0.39 is 11.5 Å². The van der Waals surface area contributed by atoms with Gasteiger partial charge in [0.05, 0.1) is 0 Å². The summed E-state index contributed by atoms with van der Waals surface area (Å²) in [5, 5.41) is 11.6. The van der Waals surface area contributed by atoms with Crippen LogP contribution in [0.2, 0.25) is 0 Å². The molecule has 90 valence electrons. The van der Waals surface area contributed by atoms with Crippen LogP contribution >= 0.6 is 0 Å². The van der Waals surface area contributed by atoms with Crippen molar-refractivity contribution < 1.29 is 9.90 Å². The van der Waals surface area contributed by atoms with Crippen LogP contribution in [0, 0.1) is 4.91 Å². The average molecular weight is 244 g/mol. The molecule has 0 atom stereocenters. The minimum absolute atomic E-state index is 0.183. The molecule has 2 N–H and O–H groups in total. The van der Waals surface area contributed by atoms with Crippen LogP contribution in [0.15, 0.2) is 46.5 Å². The number of nitrogens with one attached hydrogen (secondary N) is 1. The van der Waals surface area contributed by atoms with Crippen molar-refractivity contribution >= 4 is 5.91 Å². The van der Waals surface area contributed by atoms with E-state index in [1.807, 2.05) is 0 Å². The predicted molar refractivity (Wildman–Crippen MR) is 64.3 cm³/mol. The van der Waals surface area contributed by atoms with E-state index in [-0.39, 0.29) is 11.3 Å². The van der Waals surface area contributed by atoms with Gasteiger partial charge >= 0.3 is 5.91 Å². The number of nitrogens with zero attached hydrogens (tertiary/aromatic N) is 1. The van der Waals surface area contributed by atoms with E-state index in [0.717, 1.165) is 0 Å². The van der Waals surface area contributed by atoms with Gasteiger partial charge in [-0.3, -0.25) is 9.59 Å². The van der Waals surface area contributed by atoms with Crippen molar-refractivity contribution in [2.45, 2.75) is 0 Å². The second-order valence-corrected chi connectivity index (χ2v) is 3.58. The lowest BCUT2D eigenvalue weighted by Crippen LogP contribution is -2.03. The molecular formula is C12H8N2O4. The summed E-state index contributed by atoms with van der Waals surface area (Å²) in [4.78, 5) is 34.4. The molecule has 6 heteroatoms. The van der Waals surface area contributed by atoms with Gasteiger partial charge in [0.25, 0.3) is 5.56 Å². The molecule has 0 aliphatic rings. The lowest BCUT2D eigenvalue weighted by atomic mass is 10.1. The fourth-order valence-electron chi connectivity index (χ4n) is 1.50. The normalized spacial score (nSPS) is 10.0. The third-order valence-electron chi connectivity index (χ3n) is 2.43. The van der Waals surface area contributed by atoms with E-state index in [2.05, 4.69) is 10.2 Å². The van der Waals surface area contributed by atoms with Crippen LogP contribution in [-0.4, -0.2) is 16.0 Å². The molecule has 18 heavy (non-hydrogen) atoms. The maximum atomic E-state index is 11.0. The van der Waals surface area contributed by atoms with Gasteiger partial charge in [-0.15, -0.1) is 4.91 Å². The molecule has 0 bridgehead atoms. The number of aromatic nitrogens is 1. The highest BCUT2D eigenvalue weighted by molar-refractivity contribution is 5.95. The maximum absolute atomic E-state index is 11.0. The number of benzene rings is 1. The Morgan fingerprint density at radius 1 is 1.17 bits per heavy atom. The van der Waals surface area contributed by atoms with Gasteiger partial charge in [0.2, 0.25) is 0 Å². The molecule has 0 unspecified atom stereocenters. The van der Waals surface area contributed by atoms with Crippen LogP contribution in [-0.2, 0) is 0 Å². The quantitative estimate of drug-likeness (QED) is 0.784. The van der Waals surface area contributed by atoms with Gasteiger partial charge in [-0.25, -0.2) is 0 Å². The molecule has 0 spiro atoms. The number of nitroso groups, excluding NO2 is 1. The molecule has 0 saturated carbocycles. The van der Waals surface area contributed by atoms with Gasteiger partial charge in [0, 0.05) is 22.5 Å². The van der Waals surface area contributed by atoms with E-state index in [1.165, 1.54) is 24.4 Å². The van der Waals surface area contributed by atoms with Gasteiger partial charge in [0.1, 0.15) is 0 Å². The predicted octanol–water partition coefficient (Wildman–Crippen LogP) is 1.65. The topological polar surface area (TPSA) is 99.6 Å². The fourth-order valence-corrected chi connectivity index (χ4v) is 1.50. The Kier molecular flexibility index (Phi) is 3.01. The molecule has 6 nitrogen and oxygen atoms in total. The smallest absolute Gasteiger partial charge is 0.316 e. The molecule has 1 heterocycles. The Morgan fingerprint density at radius 2 is 1.83 bits per heavy atom. The first kappa shape index (κ1) is 11.7. The molecule has 1 aromatic heterocycles. The number of carbonyl (C=O) groups excluding carboxylic acids is 1. The first-order chi connectivity index (χ1) is 8.61. The van der Waals surface area contributed by atoms with E-state index in [4.69, 9.17) is 0 Å². The number of hydrogen-bond acceptors (Lipinski definition) is 4. The number of aromatic hydroxyl groups is 1. The molecule has 2 rings (SSSR count). The molecule has 0 aliphatic heterocycles. The Labute approximate surface area is 101 Å². The van der Waals surface area contributed by atoms with Gasteiger partial charge in [-0.2, -0.15) is 0 Å². The van der Waals surface area contributed by atoms with Crippen molar-refractivity contribution in [3.05, 3.63) is 57.4 Å². The number of rotatable bonds is 2. The number of aromatic amines is 1. The lowest BCUT2D eigenvalue weighted by Gasteiger charge is -2.02. The second-order valence-electron chi connectivity index (χ2n) is 3.58. The minimum atomic E-state index is -0.842. The van der Waals surface area contributed by atoms with E-state index >= 15 is 0 Å². The molecule has 1 amide bonds. The zero-order valence-electron chi connectivity index (χ0n) is 9.08. The summed E-state index contributed by atoms with van der Waals surface area (Å²) in [7, 11) is 0. The van der Waals surface area contributed by atoms with E-state index in [0.29, 0.717) is 11.1 Å². The number of hydrogen-bond donors (Lipinski definition) is 2.